The van der Waals surface area contributed by atoms with Gasteiger partial charge in [0.15, 0.2) is 0 Å². The Balaban J connectivity index is 2.27. The number of hydrogen-bond acceptors (Lipinski definition) is 5. The number of thioether (sulfide) groups is 1. The van der Waals surface area contributed by atoms with Crippen LogP contribution >= 0.6 is 11.8 Å². The van der Waals surface area contributed by atoms with E-state index in [1.54, 1.807) is 12.1 Å². The number of nitrogens with zero attached hydrogens (tertiary/aromatic N) is 1. The minimum absolute atomic E-state index is 0.0442. The van der Waals surface area contributed by atoms with Crippen molar-refractivity contribution >= 4 is 23.4 Å². The predicted octanol–water partition coefficient (Wildman–Crippen LogP) is 3.25. The fraction of sp³-hybridized carbons (Fsp3) is 0.562. The highest BCUT2D eigenvalue weighted by Gasteiger charge is 2.14. The summed E-state index contributed by atoms with van der Waals surface area (Å²) in [6.07, 6.45) is 0.785. The van der Waals surface area contributed by atoms with E-state index >= 15 is 0 Å². The van der Waals surface area contributed by atoms with Gasteiger partial charge in [-0.3, -0.25) is 14.9 Å². The first-order valence-electron chi connectivity index (χ1n) is 7.66. The van der Waals surface area contributed by atoms with Gasteiger partial charge in [0.2, 0.25) is 5.91 Å². The summed E-state index contributed by atoms with van der Waals surface area (Å²) in [5.41, 5.74) is 0.0489. The number of carbonyl (C=O) groups is 1. The van der Waals surface area contributed by atoms with Crippen molar-refractivity contribution < 1.29 is 14.5 Å². The normalized spacial score (nSPS) is 12.2. The van der Waals surface area contributed by atoms with Gasteiger partial charge in [-0.15, -0.1) is 11.8 Å². The van der Waals surface area contributed by atoms with Gasteiger partial charge in [0.25, 0.3) is 5.69 Å². The summed E-state index contributed by atoms with van der Waals surface area (Å²) in [5, 5.41) is 13.2. The molecule has 1 amide bonds. The molecular weight excluding hydrogens is 316 g/mol. The maximum absolute atomic E-state index is 12.0. The molecule has 0 saturated heterocycles. The van der Waals surface area contributed by atoms with Crippen LogP contribution in [0.5, 0.6) is 0 Å². The lowest BCUT2D eigenvalue weighted by atomic mass is 10.2. The Hall–Kier alpha value is -1.60. The smallest absolute Gasteiger partial charge is 0.269 e. The second-order valence-corrected chi connectivity index (χ2v) is 7.04. The topological polar surface area (TPSA) is 81.5 Å². The van der Waals surface area contributed by atoms with Crippen LogP contribution in [0.2, 0.25) is 0 Å². The van der Waals surface area contributed by atoms with Crippen molar-refractivity contribution in [3.8, 4) is 0 Å². The summed E-state index contributed by atoms with van der Waals surface area (Å²) in [7, 11) is 0. The lowest BCUT2D eigenvalue weighted by molar-refractivity contribution is -0.384. The molecule has 0 aliphatic rings. The number of non-ortho nitro benzene ring substituents is 1. The minimum atomic E-state index is -0.439. The van der Waals surface area contributed by atoms with Gasteiger partial charge in [-0.1, -0.05) is 13.8 Å². The molecule has 128 valence electrons. The van der Waals surface area contributed by atoms with Gasteiger partial charge in [0.05, 0.1) is 10.2 Å². The van der Waals surface area contributed by atoms with Gasteiger partial charge in [-0.05, 0) is 31.4 Å². The summed E-state index contributed by atoms with van der Waals surface area (Å²) in [6, 6.07) is 6.21. The first-order chi connectivity index (χ1) is 10.9. The predicted molar refractivity (Wildman–Crippen MR) is 91.7 cm³/mol. The molecule has 0 aliphatic carbocycles. The van der Waals surface area contributed by atoms with Crippen molar-refractivity contribution in [1.29, 1.82) is 0 Å². The number of amides is 1. The van der Waals surface area contributed by atoms with E-state index in [4.69, 9.17) is 4.74 Å². The third-order valence-corrected chi connectivity index (χ3v) is 4.06. The summed E-state index contributed by atoms with van der Waals surface area (Å²) >= 11 is 1.38. The van der Waals surface area contributed by atoms with Crippen molar-refractivity contribution in [2.75, 3.05) is 19.8 Å². The van der Waals surface area contributed by atoms with Crippen LogP contribution in [0.3, 0.4) is 0 Å². The molecule has 1 rings (SSSR count). The number of carbonyl (C=O) groups excluding carboxylic acids is 1. The average molecular weight is 340 g/mol. The van der Waals surface area contributed by atoms with Crippen LogP contribution in [0.4, 0.5) is 5.69 Å². The molecule has 1 atom stereocenters. The molecule has 1 aromatic rings. The number of rotatable bonds is 10. The standard InChI is InChI=1S/C16H24N2O4S/c1-12(2)11-22-10-4-9-17-16(19)13(3)23-15-7-5-14(6-8-15)18(20)21/h5-8,12-13H,4,9-11H2,1-3H3,(H,17,19). The van der Waals surface area contributed by atoms with Crippen molar-refractivity contribution in [1.82, 2.24) is 5.32 Å². The summed E-state index contributed by atoms with van der Waals surface area (Å²) in [5.74, 6) is 0.472. The van der Waals surface area contributed by atoms with E-state index in [2.05, 4.69) is 19.2 Å². The molecule has 0 spiro atoms. The Bertz CT molecular complexity index is 505. The molecule has 0 bridgehead atoms. The number of ether oxygens (including phenoxy) is 1. The maximum atomic E-state index is 12.0. The molecule has 1 unspecified atom stereocenters. The lowest BCUT2D eigenvalue weighted by Gasteiger charge is -2.12. The summed E-state index contributed by atoms with van der Waals surface area (Å²) in [4.78, 5) is 23.0. The molecule has 0 saturated carbocycles. The molecular formula is C16H24N2O4S. The van der Waals surface area contributed by atoms with Crippen molar-refractivity contribution in [3.05, 3.63) is 34.4 Å². The highest BCUT2D eigenvalue weighted by atomic mass is 32.2. The minimum Gasteiger partial charge on any atom is -0.381 e. The fourth-order valence-corrected chi connectivity index (χ4v) is 2.64. The molecule has 0 heterocycles. The first-order valence-corrected chi connectivity index (χ1v) is 8.54. The Morgan fingerprint density at radius 3 is 2.52 bits per heavy atom. The molecule has 0 aliphatic heterocycles. The van der Waals surface area contributed by atoms with Crippen LogP contribution in [0.15, 0.2) is 29.2 Å². The molecule has 0 fully saturated rings. The third-order valence-electron chi connectivity index (χ3n) is 2.95. The van der Waals surface area contributed by atoms with Crippen molar-refractivity contribution in [2.24, 2.45) is 5.92 Å². The Morgan fingerprint density at radius 1 is 1.30 bits per heavy atom. The lowest BCUT2D eigenvalue weighted by Crippen LogP contribution is -2.32. The van der Waals surface area contributed by atoms with Gasteiger partial charge in [-0.25, -0.2) is 0 Å². The fourth-order valence-electron chi connectivity index (χ4n) is 1.75. The van der Waals surface area contributed by atoms with E-state index in [0.717, 1.165) is 17.9 Å². The number of nitro groups is 1. The number of hydrogen-bond donors (Lipinski definition) is 1. The zero-order valence-electron chi connectivity index (χ0n) is 13.8. The Labute approximate surface area is 141 Å². The second-order valence-electron chi connectivity index (χ2n) is 5.62. The zero-order valence-corrected chi connectivity index (χ0v) is 14.6. The summed E-state index contributed by atoms with van der Waals surface area (Å²) in [6.45, 7) is 7.97. The molecule has 0 radical (unpaired) electrons. The van der Waals surface area contributed by atoms with Gasteiger partial charge >= 0.3 is 0 Å². The Kier molecular flexibility index (Phi) is 8.65. The summed E-state index contributed by atoms with van der Waals surface area (Å²) < 4.78 is 5.45. The molecule has 1 aromatic carbocycles. The highest BCUT2D eigenvalue weighted by molar-refractivity contribution is 8.00. The van der Waals surface area contributed by atoms with Crippen LogP contribution < -0.4 is 5.32 Å². The van der Waals surface area contributed by atoms with Crippen molar-refractivity contribution in [3.63, 3.8) is 0 Å². The van der Waals surface area contributed by atoms with Gasteiger partial charge < -0.3 is 10.1 Å². The van der Waals surface area contributed by atoms with Gasteiger partial charge in [0.1, 0.15) is 0 Å². The molecule has 1 N–H and O–H groups in total. The van der Waals surface area contributed by atoms with Crippen LogP contribution in [0.1, 0.15) is 27.2 Å². The Morgan fingerprint density at radius 2 is 1.96 bits per heavy atom. The van der Waals surface area contributed by atoms with E-state index in [0.29, 0.717) is 19.1 Å². The number of benzene rings is 1. The van der Waals surface area contributed by atoms with Crippen LogP contribution in [-0.4, -0.2) is 35.8 Å². The average Bonchev–Trinajstić information content (AvgIpc) is 2.50. The molecule has 6 nitrogen and oxygen atoms in total. The molecule has 0 aromatic heterocycles. The van der Waals surface area contributed by atoms with E-state index in [9.17, 15) is 14.9 Å². The second kappa shape index (κ2) is 10.2. The van der Waals surface area contributed by atoms with E-state index in [-0.39, 0.29) is 16.8 Å². The third kappa shape index (κ3) is 7.99. The van der Waals surface area contributed by atoms with Gasteiger partial charge in [-0.2, -0.15) is 0 Å². The number of nitrogens with one attached hydrogen (secondary N) is 1. The van der Waals surface area contributed by atoms with Crippen LogP contribution in [0.25, 0.3) is 0 Å². The highest BCUT2D eigenvalue weighted by Crippen LogP contribution is 2.25. The monoisotopic (exact) mass is 340 g/mol. The SMILES string of the molecule is CC(C)COCCCNC(=O)C(C)Sc1ccc([N+](=O)[O-])cc1. The first kappa shape index (κ1) is 19.4. The van der Waals surface area contributed by atoms with Crippen molar-refractivity contribution in [2.45, 2.75) is 37.3 Å². The largest absolute Gasteiger partial charge is 0.381 e. The molecule has 7 heteroatoms. The van der Waals surface area contributed by atoms with Crippen LogP contribution in [-0.2, 0) is 9.53 Å². The van der Waals surface area contributed by atoms with E-state index in [1.807, 2.05) is 6.92 Å². The van der Waals surface area contributed by atoms with E-state index in [1.165, 1.54) is 23.9 Å². The maximum Gasteiger partial charge on any atom is 0.269 e. The van der Waals surface area contributed by atoms with E-state index < -0.39 is 4.92 Å². The van der Waals surface area contributed by atoms with Gasteiger partial charge in [0, 0.05) is 36.8 Å². The number of nitro benzene ring substituents is 1. The van der Waals surface area contributed by atoms with Crippen LogP contribution in [0, 0.1) is 16.0 Å². The molecule has 23 heavy (non-hydrogen) atoms. The quantitative estimate of drug-likeness (QED) is 0.306. The zero-order chi connectivity index (χ0) is 17.2.